The van der Waals surface area contributed by atoms with E-state index in [0.29, 0.717) is 0 Å². The molecule has 0 spiro atoms. The molecule has 0 aliphatic heterocycles. The molecule has 1 aromatic rings. The third kappa shape index (κ3) is 1.82. The van der Waals surface area contributed by atoms with Crippen molar-refractivity contribution in [1.29, 1.82) is 0 Å². The summed E-state index contributed by atoms with van der Waals surface area (Å²) in [5.74, 6) is 0. The molecular weight excluding hydrogens is 202 g/mol. The van der Waals surface area contributed by atoms with E-state index in [4.69, 9.17) is 5.73 Å². The minimum Gasteiger partial charge on any atom is -0.324 e. The first-order chi connectivity index (χ1) is 5.13. The Morgan fingerprint density at radius 1 is 1.45 bits per heavy atom. The van der Waals surface area contributed by atoms with Crippen molar-refractivity contribution in [1.82, 2.24) is 0 Å². The first-order valence-electron chi connectivity index (χ1n) is 3.63. The van der Waals surface area contributed by atoms with Gasteiger partial charge in [-0.3, -0.25) is 0 Å². The number of rotatable bonds is 1. The fourth-order valence-electron chi connectivity index (χ4n) is 1.12. The van der Waals surface area contributed by atoms with Crippen LogP contribution < -0.4 is 5.73 Å². The molecule has 1 aromatic carbocycles. The van der Waals surface area contributed by atoms with E-state index < -0.39 is 0 Å². The Morgan fingerprint density at radius 2 is 2.09 bits per heavy atom. The summed E-state index contributed by atoms with van der Waals surface area (Å²) in [6.45, 7) is 4.07. The van der Waals surface area contributed by atoms with Gasteiger partial charge in [0.2, 0.25) is 0 Å². The van der Waals surface area contributed by atoms with Gasteiger partial charge in [-0.05, 0) is 31.0 Å². The summed E-state index contributed by atoms with van der Waals surface area (Å²) in [5.41, 5.74) is 8.21. The van der Waals surface area contributed by atoms with Gasteiger partial charge in [-0.15, -0.1) is 0 Å². The van der Waals surface area contributed by atoms with Gasteiger partial charge in [0.1, 0.15) is 0 Å². The Balaban J connectivity index is 3.17. The fraction of sp³-hybridized carbons (Fsp3) is 0.333. The predicted molar refractivity (Wildman–Crippen MR) is 51.5 cm³/mol. The number of hydrogen-bond acceptors (Lipinski definition) is 1. The highest BCUT2D eigenvalue weighted by Gasteiger charge is 2.04. The number of benzene rings is 1. The van der Waals surface area contributed by atoms with Crippen molar-refractivity contribution in [3.8, 4) is 0 Å². The lowest BCUT2D eigenvalue weighted by Gasteiger charge is -2.10. The zero-order valence-electron chi connectivity index (χ0n) is 6.76. The first kappa shape index (κ1) is 8.75. The highest BCUT2D eigenvalue weighted by atomic mass is 79.9. The average Bonchev–Trinajstić information content (AvgIpc) is 1.94. The molecule has 1 atom stereocenters. The highest BCUT2D eigenvalue weighted by molar-refractivity contribution is 9.10. The summed E-state index contributed by atoms with van der Waals surface area (Å²) in [4.78, 5) is 0. The minimum absolute atomic E-state index is 0.118. The molecule has 0 amide bonds. The van der Waals surface area contributed by atoms with E-state index in [-0.39, 0.29) is 6.04 Å². The minimum atomic E-state index is 0.118. The summed E-state index contributed by atoms with van der Waals surface area (Å²) in [6.07, 6.45) is 0. The van der Waals surface area contributed by atoms with Crippen LogP contribution in [0.2, 0.25) is 0 Å². The maximum atomic E-state index is 5.76. The van der Waals surface area contributed by atoms with Gasteiger partial charge < -0.3 is 5.73 Å². The molecule has 11 heavy (non-hydrogen) atoms. The molecule has 2 N–H and O–H groups in total. The predicted octanol–water partition coefficient (Wildman–Crippen LogP) is 2.78. The molecule has 60 valence electrons. The van der Waals surface area contributed by atoms with Crippen LogP contribution in [0, 0.1) is 6.92 Å². The summed E-state index contributed by atoms with van der Waals surface area (Å²) in [6, 6.07) is 6.22. The molecule has 1 nitrogen and oxygen atoms in total. The van der Waals surface area contributed by atoms with Crippen molar-refractivity contribution >= 4 is 15.9 Å². The topological polar surface area (TPSA) is 26.0 Å². The summed E-state index contributed by atoms with van der Waals surface area (Å²) in [7, 11) is 0. The van der Waals surface area contributed by atoms with Crippen molar-refractivity contribution in [2.45, 2.75) is 19.9 Å². The largest absolute Gasteiger partial charge is 0.324 e. The molecule has 0 radical (unpaired) electrons. The Hall–Kier alpha value is -0.340. The van der Waals surface area contributed by atoms with Crippen molar-refractivity contribution in [3.63, 3.8) is 0 Å². The number of nitrogens with two attached hydrogens (primary N) is 1. The third-order valence-corrected chi connectivity index (χ3v) is 2.66. The molecule has 2 heteroatoms. The van der Waals surface area contributed by atoms with Crippen molar-refractivity contribution in [2.24, 2.45) is 5.73 Å². The molecule has 0 aromatic heterocycles. The summed E-state index contributed by atoms with van der Waals surface area (Å²) < 4.78 is 1.13. The summed E-state index contributed by atoms with van der Waals surface area (Å²) in [5, 5.41) is 0. The van der Waals surface area contributed by atoms with E-state index in [1.807, 2.05) is 19.1 Å². The van der Waals surface area contributed by atoms with Crippen LogP contribution in [0.4, 0.5) is 0 Å². The van der Waals surface area contributed by atoms with Gasteiger partial charge in [-0.2, -0.15) is 0 Å². The van der Waals surface area contributed by atoms with Gasteiger partial charge in [0.15, 0.2) is 0 Å². The molecule has 0 heterocycles. The molecule has 0 bridgehead atoms. The molecule has 0 saturated heterocycles. The van der Waals surface area contributed by atoms with E-state index in [0.717, 1.165) is 4.47 Å². The average molecular weight is 214 g/mol. The Kier molecular flexibility index (Phi) is 2.68. The lowest BCUT2D eigenvalue weighted by Crippen LogP contribution is -2.06. The van der Waals surface area contributed by atoms with E-state index in [1.165, 1.54) is 11.1 Å². The fourth-order valence-corrected chi connectivity index (χ4v) is 1.50. The maximum absolute atomic E-state index is 5.76. The molecule has 1 rings (SSSR count). The summed E-state index contributed by atoms with van der Waals surface area (Å²) >= 11 is 3.46. The zero-order chi connectivity index (χ0) is 8.43. The lowest BCUT2D eigenvalue weighted by atomic mass is 10.0. The van der Waals surface area contributed by atoms with Gasteiger partial charge in [-0.25, -0.2) is 0 Å². The van der Waals surface area contributed by atoms with Crippen LogP contribution in [0.1, 0.15) is 24.1 Å². The van der Waals surface area contributed by atoms with Crippen LogP contribution in [0.3, 0.4) is 0 Å². The smallest absolute Gasteiger partial charge is 0.0269 e. The SMILES string of the molecule is Cc1c(Br)cccc1C(C)N. The van der Waals surface area contributed by atoms with E-state index in [1.54, 1.807) is 0 Å². The molecule has 0 aliphatic rings. The van der Waals surface area contributed by atoms with Gasteiger partial charge in [0.05, 0.1) is 0 Å². The van der Waals surface area contributed by atoms with Crippen LogP contribution in [-0.4, -0.2) is 0 Å². The standard InChI is InChI=1S/C9H12BrN/c1-6-8(7(2)11)4-3-5-9(6)10/h3-5,7H,11H2,1-2H3. The quantitative estimate of drug-likeness (QED) is 0.764. The van der Waals surface area contributed by atoms with Crippen LogP contribution in [-0.2, 0) is 0 Å². The Bertz CT molecular complexity index is 256. The van der Waals surface area contributed by atoms with E-state index in [2.05, 4.69) is 28.9 Å². The highest BCUT2D eigenvalue weighted by Crippen LogP contribution is 2.22. The molecule has 1 unspecified atom stereocenters. The van der Waals surface area contributed by atoms with Crippen molar-refractivity contribution in [2.75, 3.05) is 0 Å². The number of hydrogen-bond donors (Lipinski definition) is 1. The van der Waals surface area contributed by atoms with Crippen LogP contribution in [0.25, 0.3) is 0 Å². The second-order valence-electron chi connectivity index (χ2n) is 2.74. The normalized spacial score (nSPS) is 13.1. The van der Waals surface area contributed by atoms with Crippen LogP contribution in [0.15, 0.2) is 22.7 Å². The van der Waals surface area contributed by atoms with Crippen LogP contribution >= 0.6 is 15.9 Å². The van der Waals surface area contributed by atoms with Crippen molar-refractivity contribution < 1.29 is 0 Å². The second kappa shape index (κ2) is 3.37. The van der Waals surface area contributed by atoms with E-state index in [9.17, 15) is 0 Å². The first-order valence-corrected chi connectivity index (χ1v) is 4.43. The number of halogens is 1. The van der Waals surface area contributed by atoms with Crippen molar-refractivity contribution in [3.05, 3.63) is 33.8 Å². The third-order valence-electron chi connectivity index (χ3n) is 1.80. The zero-order valence-corrected chi connectivity index (χ0v) is 8.35. The van der Waals surface area contributed by atoms with Gasteiger partial charge in [-0.1, -0.05) is 28.1 Å². The van der Waals surface area contributed by atoms with Crippen LogP contribution in [0.5, 0.6) is 0 Å². The van der Waals surface area contributed by atoms with E-state index >= 15 is 0 Å². The van der Waals surface area contributed by atoms with Gasteiger partial charge in [0, 0.05) is 10.5 Å². The molecular formula is C9H12BrN. The lowest BCUT2D eigenvalue weighted by molar-refractivity contribution is 0.809. The molecule has 0 saturated carbocycles. The second-order valence-corrected chi connectivity index (χ2v) is 3.60. The molecule has 0 aliphatic carbocycles. The van der Waals surface area contributed by atoms with Gasteiger partial charge >= 0.3 is 0 Å². The Labute approximate surface area is 75.7 Å². The monoisotopic (exact) mass is 213 g/mol. The molecule has 0 fully saturated rings. The maximum Gasteiger partial charge on any atom is 0.0269 e. The Morgan fingerprint density at radius 3 is 2.55 bits per heavy atom. The van der Waals surface area contributed by atoms with Gasteiger partial charge in [0.25, 0.3) is 0 Å².